The van der Waals surface area contributed by atoms with Crippen molar-refractivity contribution < 1.29 is 14.2 Å². The van der Waals surface area contributed by atoms with Gasteiger partial charge in [0.25, 0.3) is 0 Å². The summed E-state index contributed by atoms with van der Waals surface area (Å²) in [6, 6.07) is 4.15. The Labute approximate surface area is 120 Å². The maximum atomic E-state index is 5.83. The number of piperidine rings is 1. The second-order valence-corrected chi connectivity index (χ2v) is 5.55. The Bertz CT molecular complexity index is 455. The van der Waals surface area contributed by atoms with Crippen molar-refractivity contribution in [2.75, 3.05) is 33.4 Å². The Balaban J connectivity index is 1.84. The van der Waals surface area contributed by atoms with Crippen LogP contribution in [0.4, 0.5) is 0 Å². The van der Waals surface area contributed by atoms with Crippen LogP contribution in [0.1, 0.15) is 24.8 Å². The van der Waals surface area contributed by atoms with Crippen molar-refractivity contribution in [1.82, 2.24) is 5.32 Å². The Morgan fingerprint density at radius 1 is 1.25 bits per heavy atom. The molecule has 0 aliphatic carbocycles. The van der Waals surface area contributed by atoms with Gasteiger partial charge < -0.3 is 19.5 Å². The highest BCUT2D eigenvalue weighted by molar-refractivity contribution is 5.56. The van der Waals surface area contributed by atoms with E-state index in [0.717, 1.165) is 43.2 Å². The van der Waals surface area contributed by atoms with Gasteiger partial charge in [0.2, 0.25) is 5.75 Å². The predicted octanol–water partition coefficient (Wildman–Crippen LogP) is 2.40. The largest absolute Gasteiger partial charge is 0.492 e. The van der Waals surface area contributed by atoms with Gasteiger partial charge >= 0.3 is 0 Å². The fraction of sp³-hybridized carbons (Fsp3) is 0.625. The second-order valence-electron chi connectivity index (χ2n) is 5.55. The molecule has 0 saturated carbocycles. The van der Waals surface area contributed by atoms with Crippen LogP contribution in [0.3, 0.4) is 0 Å². The van der Waals surface area contributed by atoms with Gasteiger partial charge in [0.05, 0.1) is 20.3 Å². The second kappa shape index (κ2) is 6.35. The maximum absolute atomic E-state index is 5.83. The Kier molecular flexibility index (Phi) is 4.31. The van der Waals surface area contributed by atoms with Gasteiger partial charge in [-0.05, 0) is 49.9 Å². The molecule has 0 amide bonds. The molecule has 2 heterocycles. The average molecular weight is 277 g/mol. The molecule has 4 heteroatoms. The minimum absolute atomic E-state index is 0.683. The van der Waals surface area contributed by atoms with Crippen molar-refractivity contribution >= 4 is 0 Å². The summed E-state index contributed by atoms with van der Waals surface area (Å²) < 4.78 is 17.2. The van der Waals surface area contributed by atoms with Crippen LogP contribution in [0, 0.1) is 5.92 Å². The summed E-state index contributed by atoms with van der Waals surface area (Å²) in [5.74, 6) is 3.13. The van der Waals surface area contributed by atoms with Gasteiger partial charge in [-0.1, -0.05) is 6.07 Å². The number of methoxy groups -OCH3 is 1. The van der Waals surface area contributed by atoms with Crippen LogP contribution >= 0.6 is 0 Å². The fourth-order valence-corrected chi connectivity index (χ4v) is 3.04. The van der Waals surface area contributed by atoms with Gasteiger partial charge in [-0.3, -0.25) is 0 Å². The third kappa shape index (κ3) is 2.85. The molecule has 0 radical (unpaired) electrons. The summed E-state index contributed by atoms with van der Waals surface area (Å²) in [6.45, 7) is 3.65. The van der Waals surface area contributed by atoms with E-state index in [9.17, 15) is 0 Å². The number of hydrogen-bond acceptors (Lipinski definition) is 4. The van der Waals surface area contributed by atoms with E-state index in [2.05, 4.69) is 11.4 Å². The molecular formula is C16H23NO3. The molecule has 110 valence electrons. The molecule has 1 saturated heterocycles. The van der Waals surface area contributed by atoms with Crippen LogP contribution in [0.25, 0.3) is 0 Å². The van der Waals surface area contributed by atoms with Crippen molar-refractivity contribution in [3.05, 3.63) is 17.7 Å². The molecule has 20 heavy (non-hydrogen) atoms. The fourth-order valence-electron chi connectivity index (χ4n) is 3.04. The molecule has 3 rings (SSSR count). The Morgan fingerprint density at radius 3 is 2.95 bits per heavy atom. The molecular weight excluding hydrogens is 254 g/mol. The van der Waals surface area contributed by atoms with E-state index >= 15 is 0 Å². The summed E-state index contributed by atoms with van der Waals surface area (Å²) >= 11 is 0. The van der Waals surface area contributed by atoms with E-state index in [1.54, 1.807) is 7.11 Å². The molecule has 0 aromatic heterocycles. The van der Waals surface area contributed by atoms with Gasteiger partial charge in [-0.25, -0.2) is 0 Å². The normalized spacial score (nSPS) is 22.1. The lowest BCUT2D eigenvalue weighted by molar-refractivity contribution is 0.288. The molecule has 1 aromatic carbocycles. The topological polar surface area (TPSA) is 39.7 Å². The Morgan fingerprint density at radius 2 is 2.15 bits per heavy atom. The van der Waals surface area contributed by atoms with Gasteiger partial charge in [-0.15, -0.1) is 0 Å². The minimum Gasteiger partial charge on any atom is -0.492 e. The molecule has 1 aromatic rings. The zero-order valence-electron chi connectivity index (χ0n) is 12.1. The molecule has 1 N–H and O–H groups in total. The van der Waals surface area contributed by atoms with Gasteiger partial charge in [0.1, 0.15) is 0 Å². The lowest BCUT2D eigenvalue weighted by Crippen LogP contribution is -2.30. The average Bonchev–Trinajstić information content (AvgIpc) is 2.73. The van der Waals surface area contributed by atoms with Gasteiger partial charge in [0.15, 0.2) is 11.5 Å². The first-order chi connectivity index (χ1) is 9.88. The third-order valence-electron chi connectivity index (χ3n) is 4.06. The van der Waals surface area contributed by atoms with Crippen LogP contribution < -0.4 is 19.5 Å². The van der Waals surface area contributed by atoms with Crippen LogP contribution in [0.5, 0.6) is 17.2 Å². The van der Waals surface area contributed by atoms with Crippen molar-refractivity contribution in [1.29, 1.82) is 0 Å². The minimum atomic E-state index is 0.683. The summed E-state index contributed by atoms with van der Waals surface area (Å²) in [5.41, 5.74) is 1.23. The number of hydrogen-bond donors (Lipinski definition) is 1. The summed E-state index contributed by atoms with van der Waals surface area (Å²) in [7, 11) is 1.71. The lowest BCUT2D eigenvalue weighted by Gasteiger charge is -2.24. The number of fused-ring (bicyclic) bond motifs is 1. The predicted molar refractivity (Wildman–Crippen MR) is 77.9 cm³/mol. The van der Waals surface area contributed by atoms with Crippen molar-refractivity contribution in [3.8, 4) is 17.2 Å². The quantitative estimate of drug-likeness (QED) is 0.921. The highest BCUT2D eigenvalue weighted by Gasteiger charge is 2.22. The number of rotatable bonds is 3. The number of nitrogens with one attached hydrogen (secondary N) is 1. The first-order valence-electron chi connectivity index (χ1n) is 7.54. The highest BCUT2D eigenvalue weighted by Crippen LogP contribution is 2.42. The van der Waals surface area contributed by atoms with Crippen LogP contribution in [-0.4, -0.2) is 33.4 Å². The van der Waals surface area contributed by atoms with Gasteiger partial charge in [-0.2, -0.15) is 0 Å². The first-order valence-corrected chi connectivity index (χ1v) is 7.54. The molecule has 0 bridgehead atoms. The van der Waals surface area contributed by atoms with E-state index < -0.39 is 0 Å². The van der Waals surface area contributed by atoms with Crippen molar-refractivity contribution in [2.45, 2.75) is 25.7 Å². The monoisotopic (exact) mass is 277 g/mol. The maximum Gasteiger partial charge on any atom is 0.203 e. The van der Waals surface area contributed by atoms with E-state index in [-0.39, 0.29) is 0 Å². The zero-order valence-corrected chi connectivity index (χ0v) is 12.1. The number of ether oxygens (including phenoxy) is 3. The van der Waals surface area contributed by atoms with Crippen LogP contribution in [0.2, 0.25) is 0 Å². The number of benzene rings is 1. The third-order valence-corrected chi connectivity index (χ3v) is 4.06. The highest BCUT2D eigenvalue weighted by atomic mass is 16.5. The summed E-state index contributed by atoms with van der Waals surface area (Å²) in [4.78, 5) is 0. The van der Waals surface area contributed by atoms with E-state index in [1.165, 1.54) is 18.4 Å². The lowest BCUT2D eigenvalue weighted by atomic mass is 9.91. The molecule has 2 aliphatic heterocycles. The van der Waals surface area contributed by atoms with Gasteiger partial charge in [0, 0.05) is 6.42 Å². The van der Waals surface area contributed by atoms with E-state index in [4.69, 9.17) is 14.2 Å². The summed E-state index contributed by atoms with van der Waals surface area (Å²) in [5, 5.41) is 3.47. The molecule has 1 unspecified atom stereocenters. The smallest absolute Gasteiger partial charge is 0.203 e. The zero-order chi connectivity index (χ0) is 13.8. The molecule has 4 nitrogen and oxygen atoms in total. The standard InChI is InChI=1S/C16H23NO3/c1-18-15-13(10-12-4-2-7-17-11-12)5-6-14-16(15)20-9-3-8-19-14/h5-6,12,17H,2-4,7-11H2,1H3. The van der Waals surface area contributed by atoms with Crippen molar-refractivity contribution in [2.24, 2.45) is 5.92 Å². The van der Waals surface area contributed by atoms with Crippen molar-refractivity contribution in [3.63, 3.8) is 0 Å². The van der Waals surface area contributed by atoms with E-state index in [1.807, 2.05) is 6.07 Å². The summed E-state index contributed by atoms with van der Waals surface area (Å²) in [6.07, 6.45) is 4.49. The molecule has 0 spiro atoms. The van der Waals surface area contributed by atoms with Crippen LogP contribution in [0.15, 0.2) is 12.1 Å². The molecule has 1 atom stereocenters. The molecule has 2 aliphatic rings. The first kappa shape index (κ1) is 13.6. The van der Waals surface area contributed by atoms with Crippen LogP contribution in [-0.2, 0) is 6.42 Å². The Hall–Kier alpha value is -1.42. The SMILES string of the molecule is COc1c(CC2CCCNC2)ccc2c1OCCCO2. The van der Waals surface area contributed by atoms with E-state index in [0.29, 0.717) is 19.1 Å². The molecule has 1 fully saturated rings.